The Kier molecular flexibility index (Phi) is 5.47. The zero-order chi connectivity index (χ0) is 14.5. The lowest BCUT2D eigenvalue weighted by atomic mass is 10.1. The second-order valence-electron chi connectivity index (χ2n) is 4.89. The largest absolute Gasteiger partial charge is 0.262 e. The number of aryl methyl sites for hydroxylation is 1. The smallest absolute Gasteiger partial charge is 0.223 e. The van der Waals surface area contributed by atoms with Crippen molar-refractivity contribution in [1.29, 1.82) is 0 Å². The van der Waals surface area contributed by atoms with Gasteiger partial charge >= 0.3 is 0 Å². The van der Waals surface area contributed by atoms with Gasteiger partial charge in [-0.2, -0.15) is 0 Å². The van der Waals surface area contributed by atoms with Crippen molar-refractivity contribution in [2.75, 3.05) is 5.75 Å². The Morgan fingerprint density at radius 2 is 1.68 bits per heavy atom. The van der Waals surface area contributed by atoms with E-state index >= 15 is 0 Å². The van der Waals surface area contributed by atoms with Crippen LogP contribution in [-0.4, -0.2) is 20.1 Å². The van der Waals surface area contributed by atoms with Crippen LogP contribution in [0.25, 0.3) is 0 Å². The lowest BCUT2D eigenvalue weighted by Gasteiger charge is -2.16. The summed E-state index contributed by atoms with van der Waals surface area (Å²) in [4.78, 5) is -0.0340. The molecule has 0 radical (unpaired) electrons. The highest BCUT2D eigenvalue weighted by Gasteiger charge is 2.35. The number of rotatable bonds is 7. The fourth-order valence-electron chi connectivity index (χ4n) is 1.81. The monoisotopic (exact) mass is 290 g/mol. The lowest BCUT2D eigenvalue weighted by Crippen LogP contribution is -2.28. The van der Waals surface area contributed by atoms with Crippen LogP contribution in [0.15, 0.2) is 29.2 Å². The van der Waals surface area contributed by atoms with Crippen LogP contribution in [0.3, 0.4) is 0 Å². The second-order valence-corrected chi connectivity index (χ2v) is 6.87. The number of hydrogen-bond donors (Lipinski definition) is 0. The lowest BCUT2D eigenvalue weighted by molar-refractivity contribution is 0.0141. The van der Waals surface area contributed by atoms with Gasteiger partial charge in [0.05, 0.1) is 4.90 Å². The van der Waals surface area contributed by atoms with Gasteiger partial charge in [0.2, 0.25) is 0 Å². The van der Waals surface area contributed by atoms with Crippen LogP contribution < -0.4 is 0 Å². The molecule has 0 saturated heterocycles. The molecule has 0 fully saturated rings. The van der Waals surface area contributed by atoms with Gasteiger partial charge in [-0.15, -0.1) is 0 Å². The topological polar surface area (TPSA) is 34.1 Å². The first-order valence-electron chi connectivity index (χ1n) is 6.44. The third-order valence-corrected chi connectivity index (χ3v) is 4.72. The average Bonchev–Trinajstić information content (AvgIpc) is 2.28. The van der Waals surface area contributed by atoms with E-state index in [4.69, 9.17) is 0 Å². The highest BCUT2D eigenvalue weighted by molar-refractivity contribution is 7.91. The molecule has 2 nitrogen and oxygen atoms in total. The minimum absolute atomic E-state index is 0.0340. The van der Waals surface area contributed by atoms with Crippen molar-refractivity contribution >= 4 is 9.84 Å². The molecule has 1 aromatic carbocycles. The molecule has 0 amide bonds. The molecule has 19 heavy (non-hydrogen) atoms. The van der Waals surface area contributed by atoms with Crippen LogP contribution >= 0.6 is 0 Å². The predicted octanol–water partition coefficient (Wildman–Crippen LogP) is 3.98. The fraction of sp³-hybridized carbons (Fsp3) is 0.571. The highest BCUT2D eigenvalue weighted by atomic mass is 32.2. The van der Waals surface area contributed by atoms with E-state index in [0.717, 1.165) is 12.0 Å². The first-order chi connectivity index (χ1) is 8.77. The molecule has 0 unspecified atom stereocenters. The summed E-state index contributed by atoms with van der Waals surface area (Å²) in [7, 11) is -3.92. The number of unbranched alkanes of at least 4 members (excludes halogenated alkanes) is 2. The molecule has 0 N–H and O–H groups in total. The van der Waals surface area contributed by atoms with Crippen LogP contribution in [0, 0.1) is 6.92 Å². The van der Waals surface area contributed by atoms with Crippen molar-refractivity contribution in [2.45, 2.75) is 50.3 Å². The minimum Gasteiger partial charge on any atom is -0.223 e. The van der Waals surface area contributed by atoms with Gasteiger partial charge in [-0.3, -0.25) is 0 Å². The van der Waals surface area contributed by atoms with E-state index in [2.05, 4.69) is 0 Å². The molecule has 1 aromatic rings. The molecule has 0 bridgehead atoms. The average molecular weight is 290 g/mol. The number of hydrogen-bond acceptors (Lipinski definition) is 2. The van der Waals surface area contributed by atoms with Crippen LogP contribution in [0.1, 0.15) is 38.2 Å². The molecule has 0 heterocycles. The summed E-state index contributed by atoms with van der Waals surface area (Å²) in [5.74, 6) is -4.26. The highest BCUT2D eigenvalue weighted by Crippen LogP contribution is 2.26. The Labute approximate surface area is 113 Å². The van der Waals surface area contributed by atoms with Gasteiger partial charge in [0, 0.05) is 6.42 Å². The second kappa shape index (κ2) is 6.46. The summed E-state index contributed by atoms with van der Waals surface area (Å²) in [6.45, 7) is 3.73. The van der Waals surface area contributed by atoms with E-state index in [-0.39, 0.29) is 11.3 Å². The molecule has 0 atom stereocenters. The molecule has 0 spiro atoms. The van der Waals surface area contributed by atoms with Crippen molar-refractivity contribution < 1.29 is 17.2 Å². The molecule has 5 heteroatoms. The molecule has 0 aliphatic rings. The van der Waals surface area contributed by atoms with E-state index < -0.39 is 21.5 Å². The maximum Gasteiger partial charge on any atom is 0.262 e. The Morgan fingerprint density at radius 3 is 2.21 bits per heavy atom. The normalized spacial score (nSPS) is 12.6. The molecule has 0 saturated carbocycles. The molecule has 0 aliphatic heterocycles. The molecule has 108 valence electrons. The van der Waals surface area contributed by atoms with E-state index in [0.29, 0.717) is 12.8 Å². The van der Waals surface area contributed by atoms with Crippen molar-refractivity contribution in [2.24, 2.45) is 0 Å². The van der Waals surface area contributed by atoms with Gasteiger partial charge in [0.1, 0.15) is 5.75 Å². The Hall–Kier alpha value is -0.970. The van der Waals surface area contributed by atoms with Gasteiger partial charge in [-0.25, -0.2) is 17.2 Å². The predicted molar refractivity (Wildman–Crippen MR) is 72.3 cm³/mol. The van der Waals surface area contributed by atoms with Crippen LogP contribution in [0.4, 0.5) is 8.78 Å². The molecule has 1 rings (SSSR count). The standard InChI is InChI=1S/C14H20F2O2S/c1-3-4-5-10-14(15,16)11-19(17,18)13-8-6-12(2)7-9-13/h6-9H,3-5,10-11H2,1-2H3. The quantitative estimate of drug-likeness (QED) is 0.712. The Morgan fingerprint density at radius 1 is 1.11 bits per heavy atom. The number of sulfone groups is 1. The number of alkyl halides is 2. The van der Waals surface area contributed by atoms with E-state index in [1.54, 1.807) is 12.1 Å². The Balaban J connectivity index is 2.76. The minimum atomic E-state index is -3.92. The molecular weight excluding hydrogens is 270 g/mol. The van der Waals surface area contributed by atoms with Crippen molar-refractivity contribution in [3.05, 3.63) is 29.8 Å². The van der Waals surface area contributed by atoms with Crippen molar-refractivity contribution in [3.8, 4) is 0 Å². The zero-order valence-electron chi connectivity index (χ0n) is 11.3. The SMILES string of the molecule is CCCCCC(F)(F)CS(=O)(=O)c1ccc(C)cc1. The first-order valence-corrected chi connectivity index (χ1v) is 8.09. The maximum absolute atomic E-state index is 13.6. The van der Waals surface area contributed by atoms with Gasteiger partial charge in [0.25, 0.3) is 5.92 Å². The summed E-state index contributed by atoms with van der Waals surface area (Å²) in [5, 5.41) is 0. The summed E-state index contributed by atoms with van der Waals surface area (Å²) < 4.78 is 51.1. The van der Waals surface area contributed by atoms with E-state index in [1.165, 1.54) is 12.1 Å². The van der Waals surface area contributed by atoms with E-state index in [9.17, 15) is 17.2 Å². The first kappa shape index (κ1) is 16.1. The number of halogens is 2. The summed E-state index contributed by atoms with van der Waals surface area (Å²) in [6, 6.07) is 5.99. The summed E-state index contributed by atoms with van der Waals surface area (Å²) >= 11 is 0. The third kappa shape index (κ3) is 5.27. The van der Waals surface area contributed by atoms with Crippen LogP contribution in [0.5, 0.6) is 0 Å². The summed E-state index contributed by atoms with van der Waals surface area (Å²) in [6.07, 6.45) is 1.51. The fourth-order valence-corrected chi connectivity index (χ4v) is 3.23. The van der Waals surface area contributed by atoms with Gasteiger partial charge in [-0.1, -0.05) is 37.5 Å². The maximum atomic E-state index is 13.6. The van der Waals surface area contributed by atoms with Gasteiger partial charge < -0.3 is 0 Å². The Bertz CT molecular complexity index is 493. The van der Waals surface area contributed by atoms with Crippen LogP contribution in [0.2, 0.25) is 0 Å². The van der Waals surface area contributed by atoms with Crippen LogP contribution in [-0.2, 0) is 9.84 Å². The number of benzene rings is 1. The van der Waals surface area contributed by atoms with Crippen molar-refractivity contribution in [1.82, 2.24) is 0 Å². The molecule has 0 aromatic heterocycles. The van der Waals surface area contributed by atoms with Crippen molar-refractivity contribution in [3.63, 3.8) is 0 Å². The van der Waals surface area contributed by atoms with Gasteiger partial charge in [0.15, 0.2) is 9.84 Å². The van der Waals surface area contributed by atoms with E-state index in [1.807, 2.05) is 13.8 Å². The molecular formula is C14H20F2O2S. The third-order valence-electron chi connectivity index (χ3n) is 2.93. The zero-order valence-corrected chi connectivity index (χ0v) is 12.1. The van der Waals surface area contributed by atoms with Gasteiger partial charge in [-0.05, 0) is 25.5 Å². The molecule has 0 aliphatic carbocycles. The summed E-state index contributed by atoms with van der Waals surface area (Å²) in [5.41, 5.74) is 0.897.